The standard InChI is InChI=1S/C17H19ClN2O/c1-20(16-5-3-2-4-6-16)13-17(21)19-12-11-14-7-9-15(18)10-8-14/h2-10H,11-13H2,1H3,(H,19,21). The van der Waals surface area contributed by atoms with E-state index in [0.29, 0.717) is 13.1 Å². The van der Waals surface area contributed by atoms with Crippen molar-refractivity contribution in [1.82, 2.24) is 5.32 Å². The number of nitrogens with one attached hydrogen (secondary N) is 1. The lowest BCUT2D eigenvalue weighted by atomic mass is 10.1. The third-order valence-corrected chi connectivity index (χ3v) is 3.48. The molecular weight excluding hydrogens is 284 g/mol. The van der Waals surface area contributed by atoms with Gasteiger partial charge in [0.15, 0.2) is 0 Å². The monoisotopic (exact) mass is 302 g/mol. The highest BCUT2D eigenvalue weighted by atomic mass is 35.5. The Balaban J connectivity index is 1.73. The minimum absolute atomic E-state index is 0.0234. The topological polar surface area (TPSA) is 32.3 Å². The average Bonchev–Trinajstić information content (AvgIpc) is 2.50. The molecule has 4 heteroatoms. The van der Waals surface area contributed by atoms with Crippen molar-refractivity contribution in [1.29, 1.82) is 0 Å². The fourth-order valence-corrected chi connectivity index (χ4v) is 2.17. The molecule has 0 heterocycles. The Labute approximate surface area is 130 Å². The van der Waals surface area contributed by atoms with E-state index in [4.69, 9.17) is 11.6 Å². The number of rotatable bonds is 6. The molecule has 0 aliphatic heterocycles. The van der Waals surface area contributed by atoms with E-state index in [2.05, 4.69) is 5.32 Å². The molecule has 110 valence electrons. The Hall–Kier alpha value is -2.00. The van der Waals surface area contributed by atoms with Crippen LogP contribution in [0.5, 0.6) is 0 Å². The van der Waals surface area contributed by atoms with Gasteiger partial charge in [0, 0.05) is 24.3 Å². The van der Waals surface area contributed by atoms with Crippen molar-refractivity contribution >= 4 is 23.2 Å². The Morgan fingerprint density at radius 2 is 1.76 bits per heavy atom. The van der Waals surface area contributed by atoms with Crippen LogP contribution in [0.3, 0.4) is 0 Å². The number of para-hydroxylation sites is 1. The molecule has 3 nitrogen and oxygen atoms in total. The van der Waals surface area contributed by atoms with Gasteiger partial charge < -0.3 is 10.2 Å². The van der Waals surface area contributed by atoms with Gasteiger partial charge in [-0.2, -0.15) is 0 Å². The van der Waals surface area contributed by atoms with Crippen LogP contribution < -0.4 is 10.2 Å². The van der Waals surface area contributed by atoms with E-state index < -0.39 is 0 Å². The average molecular weight is 303 g/mol. The normalized spacial score (nSPS) is 10.2. The third-order valence-electron chi connectivity index (χ3n) is 3.23. The van der Waals surface area contributed by atoms with Crippen LogP contribution in [-0.2, 0) is 11.2 Å². The maximum Gasteiger partial charge on any atom is 0.239 e. The Morgan fingerprint density at radius 1 is 1.10 bits per heavy atom. The van der Waals surface area contributed by atoms with Crippen molar-refractivity contribution < 1.29 is 4.79 Å². The molecule has 2 rings (SSSR count). The summed E-state index contributed by atoms with van der Waals surface area (Å²) in [5.41, 5.74) is 2.20. The number of carbonyl (C=O) groups is 1. The van der Waals surface area contributed by atoms with Gasteiger partial charge in [-0.25, -0.2) is 0 Å². The predicted molar refractivity (Wildman–Crippen MR) is 87.9 cm³/mol. The molecule has 0 fully saturated rings. The molecule has 0 radical (unpaired) electrons. The van der Waals surface area contributed by atoms with Gasteiger partial charge in [0.2, 0.25) is 5.91 Å². The quantitative estimate of drug-likeness (QED) is 0.889. The number of amides is 1. The van der Waals surface area contributed by atoms with Crippen LogP contribution in [0.1, 0.15) is 5.56 Å². The molecule has 0 saturated heterocycles. The summed E-state index contributed by atoms with van der Waals surface area (Å²) in [5.74, 6) is 0.0234. The van der Waals surface area contributed by atoms with Crippen LogP contribution in [0.15, 0.2) is 54.6 Å². The van der Waals surface area contributed by atoms with E-state index in [1.807, 2.05) is 66.5 Å². The highest BCUT2D eigenvalue weighted by Gasteiger charge is 2.06. The first-order valence-electron chi connectivity index (χ1n) is 6.92. The number of hydrogen-bond donors (Lipinski definition) is 1. The fourth-order valence-electron chi connectivity index (χ4n) is 2.04. The number of halogens is 1. The zero-order valence-corrected chi connectivity index (χ0v) is 12.8. The van der Waals surface area contributed by atoms with Crippen molar-refractivity contribution in [3.63, 3.8) is 0 Å². The number of benzene rings is 2. The lowest BCUT2D eigenvalue weighted by Crippen LogP contribution is -2.36. The zero-order valence-electron chi connectivity index (χ0n) is 12.1. The van der Waals surface area contributed by atoms with Crippen LogP contribution in [0.25, 0.3) is 0 Å². The number of likely N-dealkylation sites (N-methyl/N-ethyl adjacent to an activating group) is 1. The summed E-state index contributed by atoms with van der Waals surface area (Å²) >= 11 is 5.84. The van der Waals surface area contributed by atoms with Crippen LogP contribution >= 0.6 is 11.6 Å². The van der Waals surface area contributed by atoms with Gasteiger partial charge in [-0.05, 0) is 36.2 Å². The Kier molecular flexibility index (Phi) is 5.64. The third kappa shape index (κ3) is 5.12. The van der Waals surface area contributed by atoms with Crippen molar-refractivity contribution in [2.75, 3.05) is 25.0 Å². The first kappa shape index (κ1) is 15.4. The maximum atomic E-state index is 11.9. The second-order valence-corrected chi connectivity index (χ2v) is 5.35. The van der Waals surface area contributed by atoms with Crippen LogP contribution in [0.4, 0.5) is 5.69 Å². The molecule has 2 aromatic carbocycles. The highest BCUT2D eigenvalue weighted by Crippen LogP contribution is 2.10. The van der Waals surface area contributed by atoms with Gasteiger partial charge >= 0.3 is 0 Å². The number of hydrogen-bond acceptors (Lipinski definition) is 2. The van der Waals surface area contributed by atoms with Crippen molar-refractivity contribution in [2.24, 2.45) is 0 Å². The Morgan fingerprint density at radius 3 is 2.43 bits per heavy atom. The van der Waals surface area contributed by atoms with E-state index >= 15 is 0 Å². The molecule has 0 spiro atoms. The summed E-state index contributed by atoms with van der Waals surface area (Å²) in [6.07, 6.45) is 0.804. The van der Waals surface area contributed by atoms with Gasteiger partial charge in [0.25, 0.3) is 0 Å². The van der Waals surface area contributed by atoms with Crippen LogP contribution in [0, 0.1) is 0 Å². The minimum atomic E-state index is 0.0234. The molecule has 0 atom stereocenters. The van der Waals surface area contributed by atoms with E-state index in [1.165, 1.54) is 0 Å². The number of carbonyl (C=O) groups excluding carboxylic acids is 1. The van der Waals surface area contributed by atoms with Crippen LogP contribution in [-0.4, -0.2) is 26.0 Å². The molecule has 0 unspecified atom stereocenters. The molecule has 0 saturated carbocycles. The molecule has 0 aliphatic rings. The van der Waals surface area contributed by atoms with Crippen molar-refractivity contribution in [3.05, 3.63) is 65.2 Å². The molecule has 21 heavy (non-hydrogen) atoms. The first-order chi connectivity index (χ1) is 10.1. The summed E-state index contributed by atoms with van der Waals surface area (Å²) < 4.78 is 0. The van der Waals surface area contributed by atoms with Gasteiger partial charge in [-0.15, -0.1) is 0 Å². The van der Waals surface area contributed by atoms with Gasteiger partial charge in [0.05, 0.1) is 6.54 Å². The van der Waals surface area contributed by atoms with Gasteiger partial charge in [-0.3, -0.25) is 4.79 Å². The SMILES string of the molecule is CN(CC(=O)NCCc1ccc(Cl)cc1)c1ccccc1. The minimum Gasteiger partial charge on any atom is -0.365 e. The summed E-state index contributed by atoms with van der Waals surface area (Å²) in [6, 6.07) is 17.5. The second-order valence-electron chi connectivity index (χ2n) is 4.92. The summed E-state index contributed by atoms with van der Waals surface area (Å²) in [7, 11) is 1.91. The molecular formula is C17H19ClN2O. The summed E-state index contributed by atoms with van der Waals surface area (Å²) in [5, 5.41) is 3.66. The lowest BCUT2D eigenvalue weighted by Gasteiger charge is -2.18. The van der Waals surface area contributed by atoms with Crippen molar-refractivity contribution in [2.45, 2.75) is 6.42 Å². The largest absolute Gasteiger partial charge is 0.365 e. The van der Waals surface area contributed by atoms with Gasteiger partial charge in [0.1, 0.15) is 0 Å². The molecule has 0 aliphatic carbocycles. The predicted octanol–water partition coefficient (Wildman–Crippen LogP) is 3.14. The lowest BCUT2D eigenvalue weighted by molar-refractivity contribution is -0.119. The van der Waals surface area contributed by atoms with E-state index in [9.17, 15) is 4.79 Å². The molecule has 2 aromatic rings. The number of nitrogens with zero attached hydrogens (tertiary/aromatic N) is 1. The highest BCUT2D eigenvalue weighted by molar-refractivity contribution is 6.30. The van der Waals surface area contributed by atoms with E-state index in [1.54, 1.807) is 0 Å². The van der Waals surface area contributed by atoms with Crippen molar-refractivity contribution in [3.8, 4) is 0 Å². The number of anilines is 1. The summed E-state index contributed by atoms with van der Waals surface area (Å²) in [6.45, 7) is 0.980. The molecule has 1 amide bonds. The fraction of sp³-hybridized carbons (Fsp3) is 0.235. The Bertz CT molecular complexity index is 569. The van der Waals surface area contributed by atoms with E-state index in [0.717, 1.165) is 22.7 Å². The molecule has 0 aromatic heterocycles. The van der Waals surface area contributed by atoms with E-state index in [-0.39, 0.29) is 5.91 Å². The maximum absolute atomic E-state index is 11.9. The molecule has 1 N–H and O–H groups in total. The molecule has 0 bridgehead atoms. The zero-order chi connectivity index (χ0) is 15.1. The summed E-state index contributed by atoms with van der Waals surface area (Å²) in [4.78, 5) is 13.8. The first-order valence-corrected chi connectivity index (χ1v) is 7.30. The van der Waals surface area contributed by atoms with Crippen LogP contribution in [0.2, 0.25) is 5.02 Å². The smallest absolute Gasteiger partial charge is 0.239 e. The van der Waals surface area contributed by atoms with Gasteiger partial charge in [-0.1, -0.05) is 41.9 Å². The second kappa shape index (κ2) is 7.70.